The molecule has 0 bridgehead atoms. The van der Waals surface area contributed by atoms with Gasteiger partial charge in [0.2, 0.25) is 5.78 Å². The number of nitrogens with zero attached hydrogens (tertiary/aromatic N) is 5. The van der Waals surface area contributed by atoms with Gasteiger partial charge in [-0.15, -0.1) is 0 Å². The van der Waals surface area contributed by atoms with E-state index in [0.29, 0.717) is 11.4 Å². The minimum atomic E-state index is -0.697. The first kappa shape index (κ1) is 21.7. The van der Waals surface area contributed by atoms with Crippen molar-refractivity contribution in [1.29, 1.82) is 0 Å². The molecule has 0 unspecified atom stereocenters. The van der Waals surface area contributed by atoms with E-state index in [0.717, 1.165) is 4.68 Å². The normalized spacial score (nSPS) is 11.0. The molecule has 0 fully saturated rings. The maximum atomic E-state index is 15.0. The van der Waals surface area contributed by atoms with Crippen LogP contribution in [0.4, 0.5) is 4.39 Å². The number of carbonyl (C=O) groups is 1. The Morgan fingerprint density at radius 1 is 1.09 bits per heavy atom. The molecule has 0 spiro atoms. The third-order valence-electron chi connectivity index (χ3n) is 4.56. The minimum absolute atomic E-state index is 0.0365. The van der Waals surface area contributed by atoms with Gasteiger partial charge in [-0.2, -0.15) is 10.2 Å². The topological polar surface area (TPSA) is 82.2 Å². The van der Waals surface area contributed by atoms with E-state index in [1.54, 1.807) is 73.9 Å². The molecule has 0 atom stereocenters. The molecule has 0 aliphatic carbocycles. The fourth-order valence-electron chi connectivity index (χ4n) is 2.98. The third-order valence-corrected chi connectivity index (χ3v) is 4.56. The number of hydrogen-bond donors (Lipinski definition) is 0. The molecule has 9 heteroatoms. The summed E-state index contributed by atoms with van der Waals surface area (Å²) in [6.45, 7) is 0. The molecule has 33 heavy (non-hydrogen) atoms. The largest absolute Gasteiger partial charge is 0.452 e. The Bertz CT molecular complexity index is 1360. The van der Waals surface area contributed by atoms with Gasteiger partial charge in [0.15, 0.2) is 17.3 Å². The van der Waals surface area contributed by atoms with Gasteiger partial charge in [0.05, 0.1) is 11.9 Å². The van der Waals surface area contributed by atoms with Crippen molar-refractivity contribution in [1.82, 2.24) is 24.5 Å². The molecule has 8 nitrogen and oxygen atoms in total. The van der Waals surface area contributed by atoms with Crippen molar-refractivity contribution in [2.75, 3.05) is 14.1 Å². The highest BCUT2D eigenvalue weighted by Gasteiger charge is 2.19. The lowest BCUT2D eigenvalue weighted by molar-refractivity contribution is 0.103. The summed E-state index contributed by atoms with van der Waals surface area (Å²) in [6.07, 6.45) is 7.25. The van der Waals surface area contributed by atoms with Crippen LogP contribution in [0.2, 0.25) is 0 Å². The van der Waals surface area contributed by atoms with Crippen molar-refractivity contribution >= 4 is 5.78 Å². The molecule has 0 saturated carbocycles. The number of ketones is 1. The van der Waals surface area contributed by atoms with E-state index in [9.17, 15) is 9.59 Å². The summed E-state index contributed by atoms with van der Waals surface area (Å²) < 4.78 is 23.4. The fourth-order valence-corrected chi connectivity index (χ4v) is 2.98. The summed E-state index contributed by atoms with van der Waals surface area (Å²) in [5, 5.41) is 8.20. The molecule has 2 heterocycles. The molecule has 4 rings (SSSR count). The molecular formula is C24H20FN5O3. The number of hydrogen-bond acceptors (Lipinski definition) is 6. The molecule has 166 valence electrons. The van der Waals surface area contributed by atoms with E-state index >= 15 is 4.39 Å². The van der Waals surface area contributed by atoms with E-state index in [1.165, 1.54) is 35.3 Å². The molecular weight excluding hydrogens is 425 g/mol. The van der Waals surface area contributed by atoms with Gasteiger partial charge >= 0.3 is 0 Å². The van der Waals surface area contributed by atoms with E-state index < -0.39 is 22.7 Å². The summed E-state index contributed by atoms with van der Waals surface area (Å²) in [4.78, 5) is 27.3. The summed E-state index contributed by atoms with van der Waals surface area (Å²) in [5.41, 5.74) is -0.545. The van der Waals surface area contributed by atoms with Gasteiger partial charge in [-0.05, 0) is 30.3 Å². The predicted octanol–water partition coefficient (Wildman–Crippen LogP) is 3.61. The van der Waals surface area contributed by atoms with Crippen LogP contribution in [0.25, 0.3) is 11.4 Å². The summed E-state index contributed by atoms with van der Waals surface area (Å²) in [5.74, 6) is -1.01. The van der Waals surface area contributed by atoms with Crippen LogP contribution >= 0.6 is 0 Å². The first-order chi connectivity index (χ1) is 15.9. The monoisotopic (exact) mass is 445 g/mol. The average molecular weight is 445 g/mol. The van der Waals surface area contributed by atoms with Crippen LogP contribution in [0.5, 0.6) is 11.5 Å². The highest BCUT2D eigenvalue weighted by atomic mass is 19.1. The van der Waals surface area contributed by atoms with Crippen LogP contribution < -0.4 is 10.2 Å². The van der Waals surface area contributed by atoms with Crippen LogP contribution in [-0.4, -0.2) is 44.3 Å². The molecule has 0 amide bonds. The zero-order valence-electron chi connectivity index (χ0n) is 17.9. The van der Waals surface area contributed by atoms with E-state index in [2.05, 4.69) is 10.2 Å². The molecule has 0 N–H and O–H groups in total. The number of halogens is 1. The standard InChI is InChI=1S/C24H20FN5O3/c1-28(2)14-11-21(31)23-24(32)22(33-18-7-4-3-5-8-18)16-30(27-23)20-10-9-17(15-19(20)25)29-13-6-12-26-29/h3-16H,1-2H3/b14-11+. The number of rotatable bonds is 7. The van der Waals surface area contributed by atoms with Crippen molar-refractivity contribution < 1.29 is 13.9 Å². The van der Waals surface area contributed by atoms with Crippen LogP contribution in [-0.2, 0) is 0 Å². The van der Waals surface area contributed by atoms with Crippen LogP contribution in [0.1, 0.15) is 10.5 Å². The van der Waals surface area contributed by atoms with E-state index in [4.69, 9.17) is 4.74 Å². The van der Waals surface area contributed by atoms with E-state index in [-0.39, 0.29) is 11.4 Å². The van der Waals surface area contributed by atoms with Crippen molar-refractivity contribution in [3.05, 3.63) is 107 Å². The minimum Gasteiger partial charge on any atom is -0.452 e. The lowest BCUT2D eigenvalue weighted by Gasteiger charge is -2.12. The van der Waals surface area contributed by atoms with Gasteiger partial charge in [0.1, 0.15) is 11.4 Å². The zero-order valence-corrected chi connectivity index (χ0v) is 17.9. The third kappa shape index (κ3) is 4.87. The molecule has 2 aromatic heterocycles. The first-order valence-electron chi connectivity index (χ1n) is 9.98. The van der Waals surface area contributed by atoms with Gasteiger partial charge in [0, 0.05) is 44.8 Å². The Labute approximate surface area is 188 Å². The number of aromatic nitrogens is 4. The Morgan fingerprint density at radius 3 is 2.55 bits per heavy atom. The lowest BCUT2D eigenvalue weighted by atomic mass is 10.2. The Morgan fingerprint density at radius 2 is 1.88 bits per heavy atom. The second kappa shape index (κ2) is 9.31. The van der Waals surface area contributed by atoms with Crippen molar-refractivity contribution in [2.45, 2.75) is 0 Å². The summed E-state index contributed by atoms with van der Waals surface area (Å²) in [6, 6.07) is 14.8. The molecule has 0 aliphatic heterocycles. The van der Waals surface area contributed by atoms with Gasteiger partial charge in [0.25, 0.3) is 5.43 Å². The number of para-hydroxylation sites is 1. The van der Waals surface area contributed by atoms with E-state index in [1.807, 2.05) is 0 Å². The first-order valence-corrected chi connectivity index (χ1v) is 9.98. The second-order valence-electron chi connectivity index (χ2n) is 7.26. The zero-order chi connectivity index (χ0) is 23.4. The summed E-state index contributed by atoms with van der Waals surface area (Å²) in [7, 11) is 3.47. The smallest absolute Gasteiger partial charge is 0.253 e. The van der Waals surface area contributed by atoms with Gasteiger partial charge in [-0.3, -0.25) is 9.59 Å². The maximum absolute atomic E-state index is 15.0. The average Bonchev–Trinajstić information content (AvgIpc) is 3.34. The lowest BCUT2D eigenvalue weighted by Crippen LogP contribution is -2.22. The number of ether oxygens (including phenoxy) is 1. The predicted molar refractivity (Wildman–Crippen MR) is 121 cm³/mol. The Balaban J connectivity index is 1.82. The second-order valence-corrected chi connectivity index (χ2v) is 7.26. The van der Waals surface area contributed by atoms with Crippen LogP contribution in [0, 0.1) is 5.82 Å². The highest BCUT2D eigenvalue weighted by Crippen LogP contribution is 2.21. The van der Waals surface area contributed by atoms with Crippen molar-refractivity contribution in [3.8, 4) is 22.9 Å². The maximum Gasteiger partial charge on any atom is 0.253 e. The summed E-state index contributed by atoms with van der Waals surface area (Å²) >= 11 is 0. The molecule has 2 aromatic carbocycles. The van der Waals surface area contributed by atoms with Gasteiger partial charge in [-0.1, -0.05) is 18.2 Å². The van der Waals surface area contributed by atoms with Gasteiger partial charge in [-0.25, -0.2) is 13.8 Å². The molecule has 0 saturated heterocycles. The Kier molecular flexibility index (Phi) is 6.12. The number of benzene rings is 2. The number of carbonyl (C=O) groups excluding carboxylic acids is 1. The van der Waals surface area contributed by atoms with Crippen molar-refractivity contribution in [2.24, 2.45) is 0 Å². The highest BCUT2D eigenvalue weighted by molar-refractivity contribution is 6.03. The Hall–Kier alpha value is -4.53. The van der Waals surface area contributed by atoms with Crippen molar-refractivity contribution in [3.63, 3.8) is 0 Å². The quantitative estimate of drug-likeness (QED) is 0.319. The van der Waals surface area contributed by atoms with Crippen LogP contribution in [0.3, 0.4) is 0 Å². The molecule has 0 radical (unpaired) electrons. The van der Waals surface area contributed by atoms with Gasteiger partial charge < -0.3 is 9.64 Å². The molecule has 4 aromatic rings. The number of allylic oxidation sites excluding steroid dienone is 1. The molecule has 0 aliphatic rings. The fraction of sp³-hybridized carbons (Fsp3) is 0.0833. The SMILES string of the molecule is CN(C)/C=C/C(=O)c1nn(-c2ccc(-n3cccn3)cc2F)cc(Oc2ccccc2)c1=O. The van der Waals surface area contributed by atoms with Crippen LogP contribution in [0.15, 0.2) is 90.3 Å².